The fourth-order valence-corrected chi connectivity index (χ4v) is 2.49. The first kappa shape index (κ1) is 16.4. The number of benzene rings is 1. The summed E-state index contributed by atoms with van der Waals surface area (Å²) in [6, 6.07) is 5.83. The Kier molecular flexibility index (Phi) is 6.37. The van der Waals surface area contributed by atoms with Gasteiger partial charge in [-0.1, -0.05) is 12.1 Å². The lowest BCUT2D eigenvalue weighted by Crippen LogP contribution is -2.28. The highest BCUT2D eigenvalue weighted by atomic mass is 32.2. The number of nitrogens with one attached hydrogen (secondary N) is 2. The van der Waals surface area contributed by atoms with Crippen molar-refractivity contribution in [3.05, 3.63) is 42.5 Å². The molecule has 0 saturated heterocycles. The summed E-state index contributed by atoms with van der Waals surface area (Å²) in [5.41, 5.74) is 0.279. The SMILES string of the molecule is C=CCNC(=O)c1cccc(S(=O)(=O)NCCOC)c1. The van der Waals surface area contributed by atoms with Crippen molar-refractivity contribution in [2.75, 3.05) is 26.8 Å². The first-order valence-corrected chi connectivity index (χ1v) is 7.47. The maximum absolute atomic E-state index is 12.0. The number of rotatable bonds is 8. The molecule has 0 heterocycles. The normalized spacial score (nSPS) is 11.1. The highest BCUT2D eigenvalue weighted by Crippen LogP contribution is 2.11. The second kappa shape index (κ2) is 7.78. The molecule has 1 rings (SSSR count). The number of ether oxygens (including phenoxy) is 1. The van der Waals surface area contributed by atoms with Crippen LogP contribution in [0.5, 0.6) is 0 Å². The number of carbonyl (C=O) groups excluding carboxylic acids is 1. The third-order valence-corrected chi connectivity index (χ3v) is 3.87. The van der Waals surface area contributed by atoms with Gasteiger partial charge in [-0.15, -0.1) is 6.58 Å². The van der Waals surface area contributed by atoms with E-state index in [0.29, 0.717) is 6.54 Å². The number of amides is 1. The molecule has 0 aromatic heterocycles. The van der Waals surface area contributed by atoms with E-state index in [1.165, 1.54) is 25.3 Å². The van der Waals surface area contributed by atoms with E-state index < -0.39 is 10.0 Å². The molecule has 20 heavy (non-hydrogen) atoms. The minimum atomic E-state index is -3.64. The minimum Gasteiger partial charge on any atom is -0.383 e. The van der Waals surface area contributed by atoms with Crippen LogP contribution in [0.4, 0.5) is 0 Å². The van der Waals surface area contributed by atoms with E-state index in [2.05, 4.69) is 16.6 Å². The molecule has 0 spiro atoms. The molecule has 2 N–H and O–H groups in total. The van der Waals surface area contributed by atoms with Crippen LogP contribution in [0.1, 0.15) is 10.4 Å². The van der Waals surface area contributed by atoms with Gasteiger partial charge >= 0.3 is 0 Å². The van der Waals surface area contributed by atoms with Gasteiger partial charge in [0.2, 0.25) is 10.0 Å². The first-order chi connectivity index (χ1) is 9.51. The van der Waals surface area contributed by atoms with Crippen molar-refractivity contribution < 1.29 is 17.9 Å². The largest absolute Gasteiger partial charge is 0.383 e. The van der Waals surface area contributed by atoms with E-state index in [-0.39, 0.29) is 29.5 Å². The average molecular weight is 298 g/mol. The lowest BCUT2D eigenvalue weighted by Gasteiger charge is -2.08. The lowest BCUT2D eigenvalue weighted by molar-refractivity contribution is 0.0958. The maximum Gasteiger partial charge on any atom is 0.251 e. The third kappa shape index (κ3) is 4.76. The van der Waals surface area contributed by atoms with Crippen LogP contribution in [0.3, 0.4) is 0 Å². The fraction of sp³-hybridized carbons (Fsp3) is 0.308. The third-order valence-electron chi connectivity index (χ3n) is 2.41. The monoisotopic (exact) mass is 298 g/mol. The van der Waals surface area contributed by atoms with Crippen molar-refractivity contribution in [1.82, 2.24) is 10.0 Å². The van der Waals surface area contributed by atoms with Crippen LogP contribution in [0.15, 0.2) is 41.8 Å². The number of hydrogen-bond donors (Lipinski definition) is 2. The van der Waals surface area contributed by atoms with Gasteiger partial charge in [0.15, 0.2) is 0 Å². The summed E-state index contributed by atoms with van der Waals surface area (Å²) >= 11 is 0. The van der Waals surface area contributed by atoms with Crippen molar-refractivity contribution in [2.45, 2.75) is 4.90 Å². The Morgan fingerprint density at radius 2 is 2.20 bits per heavy atom. The Morgan fingerprint density at radius 3 is 2.85 bits per heavy atom. The van der Waals surface area contributed by atoms with Gasteiger partial charge in [-0.25, -0.2) is 13.1 Å². The molecule has 0 aliphatic heterocycles. The lowest BCUT2D eigenvalue weighted by atomic mass is 10.2. The summed E-state index contributed by atoms with van der Waals surface area (Å²) in [6.07, 6.45) is 1.55. The van der Waals surface area contributed by atoms with Crippen molar-refractivity contribution in [1.29, 1.82) is 0 Å². The minimum absolute atomic E-state index is 0.0415. The van der Waals surface area contributed by atoms with Gasteiger partial charge in [-0.05, 0) is 18.2 Å². The predicted molar refractivity (Wildman–Crippen MR) is 76.0 cm³/mol. The number of sulfonamides is 1. The first-order valence-electron chi connectivity index (χ1n) is 5.99. The van der Waals surface area contributed by atoms with E-state index in [9.17, 15) is 13.2 Å². The number of methoxy groups -OCH3 is 1. The molecule has 7 heteroatoms. The summed E-state index contributed by atoms with van der Waals surface area (Å²) in [6.45, 7) is 4.26. The standard InChI is InChI=1S/C13H18N2O4S/c1-3-7-14-13(16)11-5-4-6-12(10-11)20(17,18)15-8-9-19-2/h3-6,10,15H,1,7-9H2,2H3,(H,14,16). The Labute approximate surface area is 118 Å². The van der Waals surface area contributed by atoms with E-state index in [1.54, 1.807) is 12.1 Å². The Hall–Kier alpha value is -1.70. The van der Waals surface area contributed by atoms with Gasteiger partial charge in [0.05, 0.1) is 11.5 Å². The summed E-state index contributed by atoms with van der Waals surface area (Å²) < 4.78 is 31.1. The molecule has 0 atom stereocenters. The molecule has 0 fully saturated rings. The van der Waals surface area contributed by atoms with Gasteiger partial charge in [0.1, 0.15) is 0 Å². The van der Waals surface area contributed by atoms with Crippen molar-refractivity contribution in [2.24, 2.45) is 0 Å². The van der Waals surface area contributed by atoms with Crippen LogP contribution in [-0.2, 0) is 14.8 Å². The Morgan fingerprint density at radius 1 is 1.45 bits per heavy atom. The Bertz CT molecular complexity index is 569. The molecule has 110 valence electrons. The zero-order valence-electron chi connectivity index (χ0n) is 11.3. The van der Waals surface area contributed by atoms with Gasteiger partial charge < -0.3 is 10.1 Å². The van der Waals surface area contributed by atoms with E-state index >= 15 is 0 Å². The number of hydrogen-bond acceptors (Lipinski definition) is 4. The van der Waals surface area contributed by atoms with Crippen molar-refractivity contribution in [3.63, 3.8) is 0 Å². The summed E-state index contributed by atoms with van der Waals surface area (Å²) in [4.78, 5) is 11.8. The highest BCUT2D eigenvalue weighted by Gasteiger charge is 2.15. The van der Waals surface area contributed by atoms with Crippen LogP contribution in [0.2, 0.25) is 0 Å². The molecular formula is C13H18N2O4S. The molecule has 0 radical (unpaired) electrons. The predicted octanol–water partition coefficient (Wildman–Crippen LogP) is 0.527. The van der Waals surface area contributed by atoms with E-state index in [1.807, 2.05) is 0 Å². The summed E-state index contributed by atoms with van der Waals surface area (Å²) in [7, 11) is -2.15. The quantitative estimate of drug-likeness (QED) is 0.541. The molecule has 1 aromatic carbocycles. The zero-order valence-corrected chi connectivity index (χ0v) is 12.1. The molecule has 0 aliphatic carbocycles. The smallest absolute Gasteiger partial charge is 0.251 e. The molecule has 0 bridgehead atoms. The van der Waals surface area contributed by atoms with Gasteiger partial charge in [0, 0.05) is 25.8 Å². The van der Waals surface area contributed by atoms with Crippen molar-refractivity contribution in [3.8, 4) is 0 Å². The van der Waals surface area contributed by atoms with Crippen molar-refractivity contribution >= 4 is 15.9 Å². The molecule has 0 unspecified atom stereocenters. The number of carbonyl (C=O) groups is 1. The summed E-state index contributed by atoms with van der Waals surface area (Å²) in [5, 5.41) is 2.59. The maximum atomic E-state index is 12.0. The van der Waals surface area contributed by atoms with Crippen LogP contribution in [0.25, 0.3) is 0 Å². The molecule has 1 aromatic rings. The van der Waals surface area contributed by atoms with Gasteiger partial charge in [0.25, 0.3) is 5.91 Å². The molecule has 1 amide bonds. The topological polar surface area (TPSA) is 84.5 Å². The molecule has 0 saturated carbocycles. The highest BCUT2D eigenvalue weighted by molar-refractivity contribution is 7.89. The van der Waals surface area contributed by atoms with Gasteiger partial charge in [-0.3, -0.25) is 4.79 Å². The van der Waals surface area contributed by atoms with Crippen LogP contribution in [-0.4, -0.2) is 41.1 Å². The second-order valence-corrected chi connectivity index (χ2v) is 5.68. The molecular weight excluding hydrogens is 280 g/mol. The summed E-state index contributed by atoms with van der Waals surface area (Å²) in [5.74, 6) is -0.348. The molecule has 0 aliphatic rings. The van der Waals surface area contributed by atoms with Gasteiger partial charge in [-0.2, -0.15) is 0 Å². The second-order valence-electron chi connectivity index (χ2n) is 3.92. The zero-order chi connectivity index (χ0) is 15.0. The van der Waals surface area contributed by atoms with E-state index in [0.717, 1.165) is 0 Å². The average Bonchev–Trinajstić information content (AvgIpc) is 2.45. The van der Waals surface area contributed by atoms with Crippen LogP contribution in [0, 0.1) is 0 Å². The van der Waals surface area contributed by atoms with Crippen LogP contribution < -0.4 is 10.0 Å². The van der Waals surface area contributed by atoms with Crippen LogP contribution >= 0.6 is 0 Å². The Balaban J connectivity index is 2.86. The fourth-order valence-electron chi connectivity index (χ4n) is 1.43. The van der Waals surface area contributed by atoms with E-state index in [4.69, 9.17) is 4.74 Å². The molecule has 6 nitrogen and oxygen atoms in total.